The fourth-order valence-corrected chi connectivity index (χ4v) is 2.74. The largest absolute Gasteiger partial charge is 0.468 e. The lowest BCUT2D eigenvalue weighted by atomic mass is 9.79. The number of carbonyl (C=O) groups is 2. The van der Waals surface area contributed by atoms with Gasteiger partial charge in [-0.05, 0) is 12.8 Å². The zero-order chi connectivity index (χ0) is 12.5. The van der Waals surface area contributed by atoms with E-state index >= 15 is 0 Å². The first-order valence-corrected chi connectivity index (χ1v) is 5.53. The Morgan fingerprint density at radius 3 is 2.94 bits per heavy atom. The predicted molar refractivity (Wildman–Crippen MR) is 54.9 cm³/mol. The normalized spacial score (nSPS) is 35.5. The molecule has 1 heterocycles. The minimum atomic E-state index is -1.16. The molecule has 0 spiro atoms. The first kappa shape index (κ1) is 12.3. The standard InChI is InChI=1S/C11H16O6/c1-14-6-17-8-3-4-11(9(12)15-2)7(8)5-16-10(11)13/h7-8H,3-6H2,1-2H3/t7-,8-,11-/m0/s1. The molecular weight excluding hydrogens is 228 g/mol. The number of rotatable bonds is 4. The van der Waals surface area contributed by atoms with Gasteiger partial charge in [0, 0.05) is 13.0 Å². The van der Waals surface area contributed by atoms with Crippen LogP contribution < -0.4 is 0 Å². The maximum absolute atomic E-state index is 11.8. The minimum absolute atomic E-state index is 0.145. The SMILES string of the molecule is COCO[C@H]1CC[C@]2(C(=O)OC)C(=O)OC[C@@H]12. The van der Waals surface area contributed by atoms with E-state index in [1.54, 1.807) is 0 Å². The Bertz CT molecular complexity index is 328. The highest BCUT2D eigenvalue weighted by atomic mass is 16.7. The number of fused-ring (bicyclic) bond motifs is 1. The molecule has 1 aliphatic heterocycles. The lowest BCUT2D eigenvalue weighted by molar-refractivity contribution is -0.164. The summed E-state index contributed by atoms with van der Waals surface area (Å²) >= 11 is 0. The third kappa shape index (κ3) is 1.71. The molecule has 0 aromatic rings. The lowest BCUT2D eigenvalue weighted by Crippen LogP contribution is -2.41. The predicted octanol–water partition coefficient (Wildman–Crippen LogP) is 0.102. The average Bonchev–Trinajstić information content (AvgIpc) is 2.86. The first-order chi connectivity index (χ1) is 8.16. The van der Waals surface area contributed by atoms with E-state index in [1.165, 1.54) is 14.2 Å². The van der Waals surface area contributed by atoms with Crippen molar-refractivity contribution < 1.29 is 28.5 Å². The Labute approximate surface area is 99.2 Å². The summed E-state index contributed by atoms with van der Waals surface area (Å²) in [5.41, 5.74) is -1.16. The fraction of sp³-hybridized carbons (Fsp3) is 0.818. The van der Waals surface area contributed by atoms with Gasteiger partial charge >= 0.3 is 11.9 Å². The second-order valence-electron chi connectivity index (χ2n) is 4.32. The van der Waals surface area contributed by atoms with Crippen molar-refractivity contribution in [3.8, 4) is 0 Å². The third-order valence-corrected chi connectivity index (χ3v) is 3.61. The van der Waals surface area contributed by atoms with Crippen LogP contribution in [0.1, 0.15) is 12.8 Å². The number of carbonyl (C=O) groups excluding carboxylic acids is 2. The number of esters is 2. The summed E-state index contributed by atoms with van der Waals surface area (Å²) in [6, 6.07) is 0. The van der Waals surface area contributed by atoms with Crippen molar-refractivity contribution in [3.63, 3.8) is 0 Å². The van der Waals surface area contributed by atoms with Crippen LogP contribution in [-0.4, -0.2) is 45.7 Å². The molecule has 1 aliphatic carbocycles. The molecule has 6 nitrogen and oxygen atoms in total. The Morgan fingerprint density at radius 1 is 1.53 bits per heavy atom. The van der Waals surface area contributed by atoms with Crippen molar-refractivity contribution in [1.29, 1.82) is 0 Å². The lowest BCUT2D eigenvalue weighted by Gasteiger charge is -2.23. The Kier molecular flexibility index (Phi) is 3.35. The Morgan fingerprint density at radius 2 is 2.29 bits per heavy atom. The van der Waals surface area contributed by atoms with E-state index in [4.69, 9.17) is 18.9 Å². The first-order valence-electron chi connectivity index (χ1n) is 5.53. The highest BCUT2D eigenvalue weighted by Gasteiger charge is 2.65. The number of hydrogen-bond donors (Lipinski definition) is 0. The van der Waals surface area contributed by atoms with Gasteiger partial charge in [-0.1, -0.05) is 0 Å². The third-order valence-electron chi connectivity index (χ3n) is 3.61. The summed E-state index contributed by atoms with van der Waals surface area (Å²) in [7, 11) is 2.81. The highest BCUT2D eigenvalue weighted by Crippen LogP contribution is 2.50. The van der Waals surface area contributed by atoms with Gasteiger partial charge < -0.3 is 18.9 Å². The van der Waals surface area contributed by atoms with Gasteiger partial charge in [0.1, 0.15) is 6.79 Å². The molecule has 96 valence electrons. The number of hydrogen-bond acceptors (Lipinski definition) is 6. The molecule has 0 N–H and O–H groups in total. The van der Waals surface area contributed by atoms with Crippen LogP contribution in [0.5, 0.6) is 0 Å². The van der Waals surface area contributed by atoms with Crippen LogP contribution in [0.25, 0.3) is 0 Å². The van der Waals surface area contributed by atoms with E-state index in [9.17, 15) is 9.59 Å². The van der Waals surface area contributed by atoms with Gasteiger partial charge in [-0.15, -0.1) is 0 Å². The molecule has 0 aromatic carbocycles. The summed E-state index contributed by atoms with van der Waals surface area (Å²) in [6.45, 7) is 0.356. The quantitative estimate of drug-likeness (QED) is 0.397. The van der Waals surface area contributed by atoms with Crippen LogP contribution in [0.4, 0.5) is 0 Å². The van der Waals surface area contributed by atoms with Crippen LogP contribution in [0, 0.1) is 11.3 Å². The van der Waals surface area contributed by atoms with Crippen LogP contribution in [-0.2, 0) is 28.5 Å². The van der Waals surface area contributed by atoms with E-state index in [-0.39, 0.29) is 25.4 Å². The number of ether oxygens (including phenoxy) is 4. The zero-order valence-corrected chi connectivity index (χ0v) is 9.93. The van der Waals surface area contributed by atoms with E-state index in [2.05, 4.69) is 0 Å². The summed E-state index contributed by atoms with van der Waals surface area (Å²) in [6.07, 6.45) is 0.857. The molecule has 3 atom stereocenters. The van der Waals surface area contributed by atoms with E-state index in [0.29, 0.717) is 12.8 Å². The summed E-state index contributed by atoms with van der Waals surface area (Å²) in [5, 5.41) is 0. The Balaban J connectivity index is 2.18. The van der Waals surface area contributed by atoms with Gasteiger partial charge in [-0.3, -0.25) is 9.59 Å². The monoisotopic (exact) mass is 244 g/mol. The molecule has 0 amide bonds. The van der Waals surface area contributed by atoms with Gasteiger partial charge in [0.15, 0.2) is 5.41 Å². The smallest absolute Gasteiger partial charge is 0.324 e. The van der Waals surface area contributed by atoms with Crippen LogP contribution >= 0.6 is 0 Å². The summed E-state index contributed by atoms with van der Waals surface area (Å²) in [5.74, 6) is -1.27. The second kappa shape index (κ2) is 4.62. The second-order valence-corrected chi connectivity index (χ2v) is 4.32. The van der Waals surface area contributed by atoms with Crippen molar-refractivity contribution in [2.24, 2.45) is 11.3 Å². The molecule has 0 radical (unpaired) electrons. The van der Waals surface area contributed by atoms with Gasteiger partial charge in [0.25, 0.3) is 0 Å². The molecule has 2 fully saturated rings. The number of methoxy groups -OCH3 is 2. The maximum Gasteiger partial charge on any atom is 0.324 e. The molecule has 1 saturated heterocycles. The maximum atomic E-state index is 11.8. The molecular formula is C11H16O6. The van der Waals surface area contributed by atoms with Crippen molar-refractivity contribution in [2.75, 3.05) is 27.6 Å². The molecule has 0 bridgehead atoms. The van der Waals surface area contributed by atoms with Gasteiger partial charge in [0.05, 0.1) is 19.8 Å². The average molecular weight is 244 g/mol. The van der Waals surface area contributed by atoms with Gasteiger partial charge in [0.2, 0.25) is 0 Å². The van der Waals surface area contributed by atoms with Crippen molar-refractivity contribution in [2.45, 2.75) is 18.9 Å². The van der Waals surface area contributed by atoms with Crippen molar-refractivity contribution in [1.82, 2.24) is 0 Å². The molecule has 1 saturated carbocycles. The molecule has 2 aliphatic rings. The highest BCUT2D eigenvalue weighted by molar-refractivity contribution is 6.02. The number of cyclic esters (lactones) is 1. The summed E-state index contributed by atoms with van der Waals surface area (Å²) < 4.78 is 20.0. The van der Waals surface area contributed by atoms with Crippen LogP contribution in [0.2, 0.25) is 0 Å². The van der Waals surface area contributed by atoms with E-state index < -0.39 is 17.4 Å². The van der Waals surface area contributed by atoms with E-state index in [0.717, 1.165) is 0 Å². The zero-order valence-electron chi connectivity index (χ0n) is 9.93. The van der Waals surface area contributed by atoms with E-state index in [1.807, 2.05) is 0 Å². The molecule has 6 heteroatoms. The van der Waals surface area contributed by atoms with Crippen LogP contribution in [0.3, 0.4) is 0 Å². The Hall–Kier alpha value is -1.14. The fourth-order valence-electron chi connectivity index (χ4n) is 2.74. The van der Waals surface area contributed by atoms with Gasteiger partial charge in [-0.2, -0.15) is 0 Å². The van der Waals surface area contributed by atoms with Crippen molar-refractivity contribution >= 4 is 11.9 Å². The summed E-state index contributed by atoms with van der Waals surface area (Å²) in [4.78, 5) is 23.6. The molecule has 0 aromatic heterocycles. The van der Waals surface area contributed by atoms with Crippen LogP contribution in [0.15, 0.2) is 0 Å². The van der Waals surface area contributed by atoms with Gasteiger partial charge in [-0.25, -0.2) is 0 Å². The minimum Gasteiger partial charge on any atom is -0.468 e. The van der Waals surface area contributed by atoms with Crippen molar-refractivity contribution in [3.05, 3.63) is 0 Å². The molecule has 2 rings (SSSR count). The topological polar surface area (TPSA) is 71.1 Å². The molecule has 17 heavy (non-hydrogen) atoms. The molecule has 0 unspecified atom stereocenters.